The molecule has 0 aliphatic heterocycles. The smallest absolute Gasteiger partial charge is 0.260 e. The summed E-state index contributed by atoms with van der Waals surface area (Å²) < 4.78 is 5.79. The number of aryl methyl sites for hydroxylation is 1. The first-order valence-corrected chi connectivity index (χ1v) is 9.17. The molecule has 0 radical (unpaired) electrons. The van der Waals surface area contributed by atoms with E-state index >= 15 is 0 Å². The molecule has 0 aromatic heterocycles. The predicted octanol–water partition coefficient (Wildman–Crippen LogP) is 5.01. The molecule has 3 rings (SSSR count). The van der Waals surface area contributed by atoms with E-state index in [1.54, 1.807) is 6.92 Å². The van der Waals surface area contributed by atoms with Gasteiger partial charge in [-0.2, -0.15) is 0 Å². The number of nitrogens with one attached hydrogen (secondary N) is 1. The molecule has 1 amide bonds. The summed E-state index contributed by atoms with van der Waals surface area (Å²) >= 11 is 5.88. The molecule has 1 atom stereocenters. The molecule has 0 saturated carbocycles. The van der Waals surface area contributed by atoms with Crippen LogP contribution in [0.1, 0.15) is 18.9 Å². The van der Waals surface area contributed by atoms with Gasteiger partial charge in [0.25, 0.3) is 5.91 Å². The monoisotopic (exact) mass is 367 g/mol. The zero-order chi connectivity index (χ0) is 18.4. The van der Waals surface area contributed by atoms with Gasteiger partial charge in [-0.3, -0.25) is 4.79 Å². The normalized spacial score (nSPS) is 11.9. The summed E-state index contributed by atoms with van der Waals surface area (Å²) in [6, 6.07) is 21.7. The van der Waals surface area contributed by atoms with Gasteiger partial charge in [0, 0.05) is 11.6 Å². The van der Waals surface area contributed by atoms with Crippen molar-refractivity contribution < 1.29 is 9.53 Å². The van der Waals surface area contributed by atoms with Gasteiger partial charge in [-0.1, -0.05) is 54.1 Å². The number of ether oxygens (including phenoxy) is 1. The highest BCUT2D eigenvalue weighted by molar-refractivity contribution is 6.30. The molecule has 3 nitrogen and oxygen atoms in total. The largest absolute Gasteiger partial charge is 0.481 e. The minimum atomic E-state index is -0.535. The molecule has 1 N–H and O–H groups in total. The van der Waals surface area contributed by atoms with Crippen LogP contribution in [0.15, 0.2) is 66.7 Å². The van der Waals surface area contributed by atoms with E-state index in [2.05, 4.69) is 11.4 Å². The van der Waals surface area contributed by atoms with E-state index in [1.165, 1.54) is 5.56 Å². The minimum absolute atomic E-state index is 0.103. The molecule has 0 saturated heterocycles. The van der Waals surface area contributed by atoms with Gasteiger partial charge >= 0.3 is 0 Å². The lowest BCUT2D eigenvalue weighted by atomic mass is 10.1. The fourth-order valence-electron chi connectivity index (χ4n) is 2.80. The van der Waals surface area contributed by atoms with E-state index in [-0.39, 0.29) is 5.91 Å². The average molecular weight is 368 g/mol. The zero-order valence-corrected chi connectivity index (χ0v) is 15.5. The number of fused-ring (bicyclic) bond motifs is 1. The Morgan fingerprint density at radius 2 is 1.77 bits per heavy atom. The predicted molar refractivity (Wildman–Crippen MR) is 107 cm³/mol. The Balaban J connectivity index is 1.45. The van der Waals surface area contributed by atoms with Crippen LogP contribution in [0.4, 0.5) is 0 Å². The molecule has 4 heteroatoms. The molecule has 0 aliphatic carbocycles. The second-order valence-electron chi connectivity index (χ2n) is 6.29. The summed E-state index contributed by atoms with van der Waals surface area (Å²) in [4.78, 5) is 12.2. The average Bonchev–Trinajstić information content (AvgIpc) is 2.66. The molecule has 3 aromatic carbocycles. The number of hydrogen-bond donors (Lipinski definition) is 1. The van der Waals surface area contributed by atoms with E-state index in [4.69, 9.17) is 16.3 Å². The number of carbonyl (C=O) groups is 1. The summed E-state index contributed by atoms with van der Waals surface area (Å²) in [5.41, 5.74) is 1.21. The van der Waals surface area contributed by atoms with Crippen LogP contribution >= 0.6 is 11.6 Å². The molecule has 0 aliphatic rings. The second-order valence-corrected chi connectivity index (χ2v) is 6.73. The standard InChI is InChI=1S/C22H22ClNO2/c1-16(26-21-13-10-18-6-2-3-7-19(18)15-21)22(25)24-14-4-5-17-8-11-20(23)12-9-17/h2-3,6-13,15-16H,4-5,14H2,1H3,(H,24,25). The second kappa shape index (κ2) is 8.72. The van der Waals surface area contributed by atoms with E-state index in [9.17, 15) is 4.79 Å². The molecule has 0 bridgehead atoms. The van der Waals surface area contributed by atoms with Gasteiger partial charge in [0.05, 0.1) is 0 Å². The number of amides is 1. The van der Waals surface area contributed by atoms with Crippen LogP contribution < -0.4 is 10.1 Å². The number of rotatable bonds is 7. The first-order chi connectivity index (χ1) is 12.6. The quantitative estimate of drug-likeness (QED) is 0.596. The van der Waals surface area contributed by atoms with Gasteiger partial charge in [-0.05, 0) is 60.4 Å². The van der Waals surface area contributed by atoms with Crippen molar-refractivity contribution in [2.45, 2.75) is 25.9 Å². The summed E-state index contributed by atoms with van der Waals surface area (Å²) in [5, 5.41) is 5.92. The van der Waals surface area contributed by atoms with Crippen LogP contribution in [0.5, 0.6) is 5.75 Å². The van der Waals surface area contributed by atoms with Crippen LogP contribution in [0, 0.1) is 0 Å². The van der Waals surface area contributed by atoms with Crippen molar-refractivity contribution in [2.24, 2.45) is 0 Å². The van der Waals surface area contributed by atoms with E-state index in [0.29, 0.717) is 12.3 Å². The third kappa shape index (κ3) is 4.99. The molecule has 26 heavy (non-hydrogen) atoms. The van der Waals surface area contributed by atoms with Gasteiger partial charge in [0.1, 0.15) is 5.75 Å². The zero-order valence-electron chi connectivity index (χ0n) is 14.7. The van der Waals surface area contributed by atoms with Crippen LogP contribution in [0.25, 0.3) is 10.8 Å². The van der Waals surface area contributed by atoms with Crippen molar-refractivity contribution >= 4 is 28.3 Å². The highest BCUT2D eigenvalue weighted by Gasteiger charge is 2.14. The van der Waals surface area contributed by atoms with E-state index in [1.807, 2.05) is 60.7 Å². The van der Waals surface area contributed by atoms with Crippen LogP contribution in [0.3, 0.4) is 0 Å². The SMILES string of the molecule is CC(Oc1ccc2ccccc2c1)C(=O)NCCCc1ccc(Cl)cc1. The maximum atomic E-state index is 12.2. The number of benzene rings is 3. The summed E-state index contributed by atoms with van der Waals surface area (Å²) in [6.07, 6.45) is 1.24. The Bertz CT molecular complexity index is 877. The van der Waals surface area contributed by atoms with Gasteiger partial charge in [-0.25, -0.2) is 0 Å². The van der Waals surface area contributed by atoms with Crippen LogP contribution in [-0.2, 0) is 11.2 Å². The van der Waals surface area contributed by atoms with E-state index in [0.717, 1.165) is 28.6 Å². The van der Waals surface area contributed by atoms with Crippen LogP contribution in [-0.4, -0.2) is 18.6 Å². The molecular weight excluding hydrogens is 346 g/mol. The molecule has 0 fully saturated rings. The number of hydrogen-bond acceptors (Lipinski definition) is 2. The molecule has 134 valence electrons. The van der Waals surface area contributed by atoms with Gasteiger partial charge in [0.2, 0.25) is 0 Å². The van der Waals surface area contributed by atoms with E-state index < -0.39 is 6.10 Å². The van der Waals surface area contributed by atoms with Crippen molar-refractivity contribution in [3.8, 4) is 5.75 Å². The first kappa shape index (κ1) is 18.3. The Hall–Kier alpha value is -2.52. The van der Waals surface area contributed by atoms with Crippen LogP contribution in [0.2, 0.25) is 5.02 Å². The molecular formula is C22H22ClNO2. The Morgan fingerprint density at radius 1 is 1.04 bits per heavy atom. The summed E-state index contributed by atoms with van der Waals surface area (Å²) in [6.45, 7) is 2.39. The lowest BCUT2D eigenvalue weighted by Gasteiger charge is -2.15. The maximum absolute atomic E-state index is 12.2. The summed E-state index contributed by atoms with van der Waals surface area (Å²) in [5.74, 6) is 0.599. The first-order valence-electron chi connectivity index (χ1n) is 8.79. The third-order valence-corrected chi connectivity index (χ3v) is 4.51. The lowest BCUT2D eigenvalue weighted by Crippen LogP contribution is -2.36. The van der Waals surface area contributed by atoms with Crippen molar-refractivity contribution in [1.82, 2.24) is 5.32 Å². The topological polar surface area (TPSA) is 38.3 Å². The van der Waals surface area contributed by atoms with Gasteiger partial charge in [0.15, 0.2) is 6.10 Å². The Labute approximate surface area is 158 Å². The lowest BCUT2D eigenvalue weighted by molar-refractivity contribution is -0.127. The number of carbonyl (C=O) groups excluding carboxylic acids is 1. The third-order valence-electron chi connectivity index (χ3n) is 4.26. The summed E-state index contributed by atoms with van der Waals surface area (Å²) in [7, 11) is 0. The number of halogens is 1. The minimum Gasteiger partial charge on any atom is -0.481 e. The van der Waals surface area contributed by atoms with Gasteiger partial charge in [-0.15, -0.1) is 0 Å². The van der Waals surface area contributed by atoms with Gasteiger partial charge < -0.3 is 10.1 Å². The fourth-order valence-corrected chi connectivity index (χ4v) is 2.92. The van der Waals surface area contributed by atoms with Crippen molar-refractivity contribution in [3.63, 3.8) is 0 Å². The highest BCUT2D eigenvalue weighted by Crippen LogP contribution is 2.21. The Morgan fingerprint density at radius 3 is 2.54 bits per heavy atom. The maximum Gasteiger partial charge on any atom is 0.260 e. The Kier molecular flexibility index (Phi) is 6.13. The molecule has 0 spiro atoms. The fraction of sp³-hybridized carbons (Fsp3) is 0.227. The highest BCUT2D eigenvalue weighted by atomic mass is 35.5. The molecule has 1 unspecified atom stereocenters. The molecule has 3 aromatic rings. The van der Waals surface area contributed by atoms with Crippen molar-refractivity contribution in [1.29, 1.82) is 0 Å². The molecule has 0 heterocycles. The van der Waals surface area contributed by atoms with Crippen molar-refractivity contribution in [3.05, 3.63) is 77.3 Å². The van der Waals surface area contributed by atoms with Crippen molar-refractivity contribution in [2.75, 3.05) is 6.54 Å².